The maximum atomic E-state index is 13.7. The third-order valence-electron chi connectivity index (χ3n) is 3.25. The highest BCUT2D eigenvalue weighted by atomic mass is 19.1. The Hall–Kier alpha value is -1.94. The normalized spacial score (nSPS) is 10.6. The van der Waals surface area contributed by atoms with Crippen molar-refractivity contribution in [2.75, 3.05) is 18.0 Å². The number of hydrogen-bond acceptors (Lipinski definition) is 3. The average molecular weight is 273 g/mol. The highest BCUT2D eigenvalue weighted by molar-refractivity contribution is 5.49. The van der Waals surface area contributed by atoms with E-state index in [0.717, 1.165) is 29.9 Å². The van der Waals surface area contributed by atoms with Crippen LogP contribution in [0.15, 0.2) is 42.7 Å². The van der Waals surface area contributed by atoms with Crippen LogP contribution in [-0.2, 0) is 13.0 Å². The standard InChI is InChI=1S/C16H20FN3/c1-2-20(12-13-4-7-19-8-5-13)16-10-14(3-6-18)9-15(17)11-16/h4-5,7-11H,2-3,6,12,18H2,1H3. The molecule has 4 heteroatoms. The van der Waals surface area contributed by atoms with Gasteiger partial charge in [-0.1, -0.05) is 0 Å². The van der Waals surface area contributed by atoms with Crippen LogP contribution in [0, 0.1) is 5.82 Å². The van der Waals surface area contributed by atoms with Crippen LogP contribution in [0.1, 0.15) is 18.1 Å². The molecule has 0 fully saturated rings. The van der Waals surface area contributed by atoms with Crippen LogP contribution in [0.4, 0.5) is 10.1 Å². The lowest BCUT2D eigenvalue weighted by Crippen LogP contribution is -2.22. The van der Waals surface area contributed by atoms with Gasteiger partial charge in [0.25, 0.3) is 0 Å². The number of halogens is 1. The Bertz CT molecular complexity index is 543. The van der Waals surface area contributed by atoms with Gasteiger partial charge in [0.15, 0.2) is 0 Å². The Morgan fingerprint density at radius 1 is 1.15 bits per heavy atom. The molecule has 2 rings (SSSR count). The van der Waals surface area contributed by atoms with Gasteiger partial charge in [0.05, 0.1) is 0 Å². The second-order valence-corrected chi connectivity index (χ2v) is 4.73. The molecule has 1 heterocycles. The van der Waals surface area contributed by atoms with Crippen LogP contribution in [0.3, 0.4) is 0 Å². The number of anilines is 1. The van der Waals surface area contributed by atoms with Gasteiger partial charge in [-0.15, -0.1) is 0 Å². The first-order valence-electron chi connectivity index (χ1n) is 6.86. The van der Waals surface area contributed by atoms with Gasteiger partial charge in [0, 0.05) is 31.2 Å². The molecule has 0 aliphatic heterocycles. The molecular weight excluding hydrogens is 253 g/mol. The predicted octanol–water partition coefficient (Wildman–Crippen LogP) is 2.75. The molecule has 0 radical (unpaired) electrons. The molecule has 0 saturated carbocycles. The quantitative estimate of drug-likeness (QED) is 0.880. The Morgan fingerprint density at radius 2 is 1.90 bits per heavy atom. The highest BCUT2D eigenvalue weighted by Crippen LogP contribution is 2.21. The summed E-state index contributed by atoms with van der Waals surface area (Å²) in [5.74, 6) is -0.209. The third kappa shape index (κ3) is 3.78. The van der Waals surface area contributed by atoms with Crippen LogP contribution in [-0.4, -0.2) is 18.1 Å². The molecule has 0 bridgehead atoms. The predicted molar refractivity (Wildman–Crippen MR) is 80.1 cm³/mol. The van der Waals surface area contributed by atoms with Crippen LogP contribution in [0.5, 0.6) is 0 Å². The van der Waals surface area contributed by atoms with Crippen molar-refractivity contribution in [3.8, 4) is 0 Å². The molecule has 20 heavy (non-hydrogen) atoms. The number of pyridine rings is 1. The van der Waals surface area contributed by atoms with Gasteiger partial charge < -0.3 is 10.6 Å². The molecule has 1 aromatic heterocycles. The van der Waals surface area contributed by atoms with Gasteiger partial charge in [-0.2, -0.15) is 0 Å². The average Bonchev–Trinajstić information content (AvgIpc) is 2.45. The molecule has 0 spiro atoms. The van der Waals surface area contributed by atoms with E-state index in [1.807, 2.05) is 18.2 Å². The summed E-state index contributed by atoms with van der Waals surface area (Å²) in [6, 6.07) is 9.09. The Kier molecular flexibility index (Phi) is 5.07. The topological polar surface area (TPSA) is 42.2 Å². The van der Waals surface area contributed by atoms with E-state index in [4.69, 9.17) is 5.73 Å². The lowest BCUT2D eigenvalue weighted by atomic mass is 10.1. The van der Waals surface area contributed by atoms with E-state index in [1.54, 1.807) is 24.5 Å². The van der Waals surface area contributed by atoms with Crippen molar-refractivity contribution in [3.63, 3.8) is 0 Å². The van der Waals surface area contributed by atoms with Crippen LogP contribution in [0.2, 0.25) is 0 Å². The van der Waals surface area contributed by atoms with Gasteiger partial charge in [-0.05, 0) is 61.3 Å². The summed E-state index contributed by atoms with van der Waals surface area (Å²) in [5.41, 5.74) is 8.55. The van der Waals surface area contributed by atoms with Crippen molar-refractivity contribution in [1.29, 1.82) is 0 Å². The van der Waals surface area contributed by atoms with Crippen LogP contribution < -0.4 is 10.6 Å². The fourth-order valence-corrected chi connectivity index (χ4v) is 2.22. The van der Waals surface area contributed by atoms with Gasteiger partial charge in [-0.3, -0.25) is 4.98 Å². The molecule has 0 unspecified atom stereocenters. The minimum absolute atomic E-state index is 0.209. The lowest BCUT2D eigenvalue weighted by molar-refractivity contribution is 0.624. The fourth-order valence-electron chi connectivity index (χ4n) is 2.22. The van der Waals surface area contributed by atoms with Crippen molar-refractivity contribution in [2.24, 2.45) is 5.73 Å². The van der Waals surface area contributed by atoms with E-state index in [0.29, 0.717) is 13.0 Å². The van der Waals surface area contributed by atoms with Crippen LogP contribution >= 0.6 is 0 Å². The molecule has 0 aliphatic carbocycles. The third-order valence-corrected chi connectivity index (χ3v) is 3.25. The van der Waals surface area contributed by atoms with Crippen molar-refractivity contribution in [2.45, 2.75) is 19.9 Å². The largest absolute Gasteiger partial charge is 0.367 e. The van der Waals surface area contributed by atoms with E-state index >= 15 is 0 Å². The molecule has 2 aromatic rings. The van der Waals surface area contributed by atoms with E-state index < -0.39 is 0 Å². The molecule has 106 valence electrons. The monoisotopic (exact) mass is 273 g/mol. The number of hydrogen-bond donors (Lipinski definition) is 1. The molecular formula is C16H20FN3. The molecule has 0 atom stereocenters. The minimum Gasteiger partial charge on any atom is -0.367 e. The summed E-state index contributed by atoms with van der Waals surface area (Å²) in [6.07, 6.45) is 4.24. The number of nitrogens with zero attached hydrogens (tertiary/aromatic N) is 2. The number of benzene rings is 1. The zero-order valence-electron chi connectivity index (χ0n) is 11.7. The van der Waals surface area contributed by atoms with E-state index in [9.17, 15) is 4.39 Å². The van der Waals surface area contributed by atoms with Gasteiger partial charge >= 0.3 is 0 Å². The minimum atomic E-state index is -0.209. The number of nitrogens with two attached hydrogens (primary N) is 1. The molecule has 0 amide bonds. The number of aromatic nitrogens is 1. The summed E-state index contributed by atoms with van der Waals surface area (Å²) in [7, 11) is 0. The molecule has 0 saturated heterocycles. The maximum absolute atomic E-state index is 13.7. The van der Waals surface area contributed by atoms with Gasteiger partial charge in [0.1, 0.15) is 5.82 Å². The van der Waals surface area contributed by atoms with Crippen molar-refractivity contribution in [3.05, 3.63) is 59.7 Å². The van der Waals surface area contributed by atoms with Crippen molar-refractivity contribution < 1.29 is 4.39 Å². The van der Waals surface area contributed by atoms with Crippen molar-refractivity contribution in [1.82, 2.24) is 4.98 Å². The van der Waals surface area contributed by atoms with E-state index in [1.165, 1.54) is 0 Å². The Labute approximate surface area is 119 Å². The van der Waals surface area contributed by atoms with Crippen LogP contribution in [0.25, 0.3) is 0 Å². The van der Waals surface area contributed by atoms with E-state index in [-0.39, 0.29) is 5.82 Å². The van der Waals surface area contributed by atoms with Crippen molar-refractivity contribution >= 4 is 5.69 Å². The van der Waals surface area contributed by atoms with E-state index in [2.05, 4.69) is 16.8 Å². The Balaban J connectivity index is 2.22. The zero-order valence-corrected chi connectivity index (χ0v) is 11.7. The van der Waals surface area contributed by atoms with Gasteiger partial charge in [0.2, 0.25) is 0 Å². The summed E-state index contributed by atoms with van der Waals surface area (Å²) < 4.78 is 13.7. The molecule has 0 aliphatic rings. The zero-order chi connectivity index (χ0) is 14.4. The first kappa shape index (κ1) is 14.5. The SMILES string of the molecule is CCN(Cc1ccncc1)c1cc(F)cc(CCN)c1. The maximum Gasteiger partial charge on any atom is 0.125 e. The lowest BCUT2D eigenvalue weighted by Gasteiger charge is -2.24. The first-order valence-corrected chi connectivity index (χ1v) is 6.86. The Morgan fingerprint density at radius 3 is 2.55 bits per heavy atom. The molecule has 1 aromatic carbocycles. The fraction of sp³-hybridized carbons (Fsp3) is 0.312. The first-order chi connectivity index (χ1) is 9.72. The second kappa shape index (κ2) is 7.01. The second-order valence-electron chi connectivity index (χ2n) is 4.73. The molecule has 2 N–H and O–H groups in total. The summed E-state index contributed by atoms with van der Waals surface area (Å²) >= 11 is 0. The van der Waals surface area contributed by atoms with Gasteiger partial charge in [-0.25, -0.2) is 4.39 Å². The summed E-state index contributed by atoms with van der Waals surface area (Å²) in [4.78, 5) is 6.15. The molecule has 3 nitrogen and oxygen atoms in total. The summed E-state index contributed by atoms with van der Waals surface area (Å²) in [6.45, 7) is 4.15. The number of rotatable bonds is 6. The smallest absolute Gasteiger partial charge is 0.125 e. The highest BCUT2D eigenvalue weighted by Gasteiger charge is 2.08. The summed E-state index contributed by atoms with van der Waals surface area (Å²) in [5, 5.41) is 0.